The molecule has 5 heteroatoms. The second-order valence-corrected chi connectivity index (χ2v) is 5.98. The Hall–Kier alpha value is -2.69. The second kappa shape index (κ2) is 6.31. The zero-order valence-corrected chi connectivity index (χ0v) is 14.3. The van der Waals surface area contributed by atoms with Gasteiger partial charge in [-0.05, 0) is 37.3 Å². The van der Waals surface area contributed by atoms with Gasteiger partial charge in [-0.3, -0.25) is 4.79 Å². The number of rotatable bonds is 4. The van der Waals surface area contributed by atoms with Crippen LogP contribution in [0.15, 0.2) is 53.3 Å². The molecule has 25 heavy (non-hydrogen) atoms. The van der Waals surface area contributed by atoms with Crippen molar-refractivity contribution in [1.29, 1.82) is 0 Å². The number of pyridine rings is 1. The van der Waals surface area contributed by atoms with Crippen LogP contribution in [0.3, 0.4) is 0 Å². The van der Waals surface area contributed by atoms with E-state index in [1.54, 1.807) is 37.3 Å². The fourth-order valence-corrected chi connectivity index (χ4v) is 2.98. The third kappa shape index (κ3) is 3.02. The molecular weight excluding hydrogens is 324 g/mol. The van der Waals surface area contributed by atoms with Gasteiger partial charge in [0.25, 0.3) is 5.92 Å². The summed E-state index contributed by atoms with van der Waals surface area (Å²) in [6.07, 6.45) is -0.266. The SMILES string of the molecule is CCC(F)(F)c1cccc(-n2c(C)cc(=O)c3cc(OC)ccc32)c1. The van der Waals surface area contributed by atoms with E-state index in [9.17, 15) is 13.6 Å². The van der Waals surface area contributed by atoms with Crippen LogP contribution in [-0.2, 0) is 5.92 Å². The number of nitrogens with zero attached hydrogens (tertiary/aromatic N) is 1. The van der Waals surface area contributed by atoms with Crippen molar-refractivity contribution in [3.63, 3.8) is 0 Å². The fourth-order valence-electron chi connectivity index (χ4n) is 2.98. The monoisotopic (exact) mass is 343 g/mol. The van der Waals surface area contributed by atoms with Gasteiger partial charge < -0.3 is 9.30 Å². The number of methoxy groups -OCH3 is 1. The Bertz CT molecular complexity index is 993. The summed E-state index contributed by atoms with van der Waals surface area (Å²) in [5, 5.41) is 0.484. The van der Waals surface area contributed by atoms with Crippen molar-refractivity contribution in [2.45, 2.75) is 26.2 Å². The first-order chi connectivity index (χ1) is 11.9. The molecule has 3 rings (SSSR count). The van der Waals surface area contributed by atoms with Gasteiger partial charge in [0.15, 0.2) is 5.43 Å². The molecule has 0 amide bonds. The van der Waals surface area contributed by atoms with Gasteiger partial charge in [-0.2, -0.15) is 0 Å². The van der Waals surface area contributed by atoms with Crippen LogP contribution >= 0.6 is 0 Å². The second-order valence-electron chi connectivity index (χ2n) is 5.98. The van der Waals surface area contributed by atoms with E-state index in [0.29, 0.717) is 28.0 Å². The standard InChI is InChI=1S/C20H19F2NO2/c1-4-20(21,22)14-6-5-7-15(11-14)23-13(2)10-19(24)17-12-16(25-3)8-9-18(17)23/h5-12H,4H2,1-3H3. The number of fused-ring (bicyclic) bond motifs is 1. The molecule has 130 valence electrons. The highest BCUT2D eigenvalue weighted by Crippen LogP contribution is 2.33. The van der Waals surface area contributed by atoms with Gasteiger partial charge in [0.1, 0.15) is 5.75 Å². The lowest BCUT2D eigenvalue weighted by Crippen LogP contribution is -2.14. The van der Waals surface area contributed by atoms with E-state index in [0.717, 1.165) is 0 Å². The molecule has 0 saturated heterocycles. The van der Waals surface area contributed by atoms with Crippen LogP contribution < -0.4 is 10.2 Å². The number of benzene rings is 2. The molecule has 0 aliphatic heterocycles. The molecule has 0 radical (unpaired) electrons. The molecule has 0 unspecified atom stereocenters. The number of alkyl halides is 2. The Kier molecular flexibility index (Phi) is 4.33. The predicted octanol–water partition coefficient (Wildman–Crippen LogP) is 4.81. The average molecular weight is 343 g/mol. The third-order valence-electron chi connectivity index (χ3n) is 4.37. The fraction of sp³-hybridized carbons (Fsp3) is 0.250. The Balaban J connectivity index is 2.29. The summed E-state index contributed by atoms with van der Waals surface area (Å²) in [7, 11) is 1.53. The summed E-state index contributed by atoms with van der Waals surface area (Å²) < 4.78 is 35.2. The number of hydrogen-bond acceptors (Lipinski definition) is 2. The van der Waals surface area contributed by atoms with Crippen molar-refractivity contribution in [3.05, 3.63) is 70.0 Å². The minimum atomic E-state index is -2.89. The summed E-state index contributed by atoms with van der Waals surface area (Å²) in [5.74, 6) is -2.31. The summed E-state index contributed by atoms with van der Waals surface area (Å²) in [6, 6.07) is 13.0. The van der Waals surface area contributed by atoms with Crippen molar-refractivity contribution in [2.24, 2.45) is 0 Å². The average Bonchev–Trinajstić information content (AvgIpc) is 2.61. The minimum Gasteiger partial charge on any atom is -0.497 e. The molecule has 0 aliphatic rings. The molecule has 0 atom stereocenters. The molecule has 3 nitrogen and oxygen atoms in total. The summed E-state index contributed by atoms with van der Waals surface area (Å²) in [4.78, 5) is 12.3. The van der Waals surface area contributed by atoms with Crippen LogP contribution in [-0.4, -0.2) is 11.7 Å². The van der Waals surface area contributed by atoms with E-state index in [1.165, 1.54) is 32.2 Å². The molecule has 2 aromatic carbocycles. The van der Waals surface area contributed by atoms with Crippen molar-refractivity contribution in [1.82, 2.24) is 4.57 Å². The Morgan fingerprint density at radius 3 is 2.56 bits per heavy atom. The Morgan fingerprint density at radius 1 is 1.12 bits per heavy atom. The van der Waals surface area contributed by atoms with E-state index >= 15 is 0 Å². The van der Waals surface area contributed by atoms with Gasteiger partial charge in [0.2, 0.25) is 0 Å². The number of aromatic nitrogens is 1. The van der Waals surface area contributed by atoms with Crippen LogP contribution in [0.25, 0.3) is 16.6 Å². The predicted molar refractivity (Wildman–Crippen MR) is 95.0 cm³/mol. The molecule has 1 aromatic heterocycles. The van der Waals surface area contributed by atoms with Crippen LogP contribution in [0.2, 0.25) is 0 Å². The van der Waals surface area contributed by atoms with Gasteiger partial charge in [-0.15, -0.1) is 0 Å². The summed E-state index contributed by atoms with van der Waals surface area (Å²) in [6.45, 7) is 3.24. The maximum atomic E-state index is 14.1. The molecular formula is C20H19F2NO2. The normalized spacial score (nSPS) is 11.7. The highest BCUT2D eigenvalue weighted by Gasteiger charge is 2.29. The maximum absolute atomic E-state index is 14.1. The lowest BCUT2D eigenvalue weighted by atomic mass is 10.0. The summed E-state index contributed by atoms with van der Waals surface area (Å²) in [5.41, 5.74) is 1.77. The smallest absolute Gasteiger partial charge is 0.273 e. The lowest BCUT2D eigenvalue weighted by molar-refractivity contribution is -0.00829. The van der Waals surface area contributed by atoms with E-state index in [2.05, 4.69) is 0 Å². The largest absolute Gasteiger partial charge is 0.497 e. The molecule has 3 aromatic rings. The number of hydrogen-bond donors (Lipinski definition) is 0. The number of aryl methyl sites for hydroxylation is 1. The maximum Gasteiger partial charge on any atom is 0.273 e. The molecule has 0 bridgehead atoms. The van der Waals surface area contributed by atoms with E-state index in [1.807, 2.05) is 4.57 Å². The van der Waals surface area contributed by atoms with E-state index < -0.39 is 5.92 Å². The van der Waals surface area contributed by atoms with Crippen molar-refractivity contribution in [2.75, 3.05) is 7.11 Å². The van der Waals surface area contributed by atoms with Crippen LogP contribution in [0.5, 0.6) is 5.75 Å². The third-order valence-corrected chi connectivity index (χ3v) is 4.37. The molecule has 0 spiro atoms. The van der Waals surface area contributed by atoms with Gasteiger partial charge in [0.05, 0.1) is 12.6 Å². The first kappa shape index (κ1) is 17.1. The first-order valence-corrected chi connectivity index (χ1v) is 8.06. The minimum absolute atomic E-state index is 0.0349. The zero-order valence-electron chi connectivity index (χ0n) is 14.3. The quantitative estimate of drug-likeness (QED) is 0.681. The molecule has 0 aliphatic carbocycles. The van der Waals surface area contributed by atoms with Gasteiger partial charge in [-0.1, -0.05) is 19.1 Å². The molecule has 0 saturated carbocycles. The van der Waals surface area contributed by atoms with Crippen molar-refractivity contribution < 1.29 is 13.5 Å². The van der Waals surface area contributed by atoms with E-state index in [-0.39, 0.29) is 17.4 Å². The van der Waals surface area contributed by atoms with Crippen LogP contribution in [0.1, 0.15) is 24.6 Å². The highest BCUT2D eigenvalue weighted by molar-refractivity contribution is 5.82. The molecule has 0 fully saturated rings. The topological polar surface area (TPSA) is 31.2 Å². The first-order valence-electron chi connectivity index (χ1n) is 8.06. The lowest BCUT2D eigenvalue weighted by Gasteiger charge is -2.19. The Morgan fingerprint density at radius 2 is 1.88 bits per heavy atom. The summed E-state index contributed by atoms with van der Waals surface area (Å²) >= 11 is 0. The molecule has 0 N–H and O–H groups in total. The van der Waals surface area contributed by atoms with E-state index in [4.69, 9.17) is 4.74 Å². The number of halogens is 2. The van der Waals surface area contributed by atoms with Crippen LogP contribution in [0, 0.1) is 6.92 Å². The highest BCUT2D eigenvalue weighted by atomic mass is 19.3. The van der Waals surface area contributed by atoms with Gasteiger partial charge >= 0.3 is 0 Å². The number of ether oxygens (including phenoxy) is 1. The Labute approximate surface area is 144 Å². The molecule has 1 heterocycles. The van der Waals surface area contributed by atoms with Gasteiger partial charge in [0, 0.05) is 34.8 Å². The van der Waals surface area contributed by atoms with Crippen molar-refractivity contribution in [3.8, 4) is 11.4 Å². The van der Waals surface area contributed by atoms with Crippen LogP contribution in [0.4, 0.5) is 8.78 Å². The van der Waals surface area contributed by atoms with Gasteiger partial charge in [-0.25, -0.2) is 8.78 Å². The van der Waals surface area contributed by atoms with Crippen molar-refractivity contribution >= 4 is 10.9 Å². The zero-order chi connectivity index (χ0) is 18.2.